The van der Waals surface area contributed by atoms with Gasteiger partial charge in [-0.15, -0.1) is 10.2 Å². The normalized spacial score (nSPS) is 17.8. The van der Waals surface area contributed by atoms with Crippen LogP contribution in [0.25, 0.3) is 0 Å². The second-order valence-electron chi connectivity index (χ2n) is 3.06. The van der Waals surface area contributed by atoms with E-state index >= 15 is 0 Å². The van der Waals surface area contributed by atoms with Crippen molar-refractivity contribution in [3.05, 3.63) is 11.6 Å². The second-order valence-corrected chi connectivity index (χ2v) is 3.06. The number of rotatable bonds is 1. The first-order valence-corrected chi connectivity index (χ1v) is 3.96. The van der Waals surface area contributed by atoms with Gasteiger partial charge in [-0.2, -0.15) is 0 Å². The molecule has 0 aromatic carbocycles. The summed E-state index contributed by atoms with van der Waals surface area (Å²) in [7, 11) is 2.02. The highest BCUT2D eigenvalue weighted by Gasteiger charge is 2.17. The van der Waals surface area contributed by atoms with E-state index in [0.717, 1.165) is 25.5 Å². The van der Waals surface area contributed by atoms with Crippen LogP contribution in [-0.4, -0.2) is 33.3 Å². The molecule has 0 atom stereocenters. The molecule has 2 heterocycles. The van der Waals surface area contributed by atoms with Crippen molar-refractivity contribution >= 4 is 0 Å². The van der Waals surface area contributed by atoms with Crippen LogP contribution in [0.5, 0.6) is 0 Å². The zero-order valence-electron chi connectivity index (χ0n) is 7.00. The first kappa shape index (κ1) is 7.67. The molecule has 1 aromatic heterocycles. The van der Waals surface area contributed by atoms with Gasteiger partial charge in [0.25, 0.3) is 0 Å². The number of fused-ring (bicyclic) bond motifs is 1. The number of likely N-dealkylation sites (N-methyl/N-ethyl adjacent to an activating group) is 1. The van der Waals surface area contributed by atoms with Crippen molar-refractivity contribution in [2.24, 2.45) is 0 Å². The summed E-state index contributed by atoms with van der Waals surface area (Å²) in [6.07, 6.45) is 0. The molecule has 0 fully saturated rings. The fourth-order valence-electron chi connectivity index (χ4n) is 1.44. The smallest absolute Gasteiger partial charge is 0.164 e. The maximum absolute atomic E-state index is 12.3. The summed E-state index contributed by atoms with van der Waals surface area (Å²) >= 11 is 0. The van der Waals surface area contributed by atoms with Crippen LogP contribution in [0.4, 0.5) is 4.39 Å². The fraction of sp³-hybridized carbons (Fsp3) is 0.714. The van der Waals surface area contributed by atoms with Crippen molar-refractivity contribution in [2.75, 3.05) is 13.6 Å². The zero-order valence-corrected chi connectivity index (χ0v) is 7.00. The number of aromatic nitrogens is 3. The maximum atomic E-state index is 12.3. The van der Waals surface area contributed by atoms with E-state index in [1.54, 1.807) is 0 Å². The van der Waals surface area contributed by atoms with Crippen molar-refractivity contribution < 1.29 is 4.39 Å². The van der Waals surface area contributed by atoms with Gasteiger partial charge in [0.15, 0.2) is 5.82 Å². The third kappa shape index (κ3) is 1.10. The van der Waals surface area contributed by atoms with Crippen molar-refractivity contribution in [1.29, 1.82) is 0 Å². The van der Waals surface area contributed by atoms with Gasteiger partial charge in [0, 0.05) is 13.1 Å². The molecule has 0 bridgehead atoms. The number of hydrogen-bond donors (Lipinski definition) is 0. The highest BCUT2D eigenvalue weighted by Crippen LogP contribution is 2.10. The van der Waals surface area contributed by atoms with E-state index in [4.69, 9.17) is 0 Å². The molecule has 4 nitrogen and oxygen atoms in total. The van der Waals surface area contributed by atoms with Crippen LogP contribution in [0.1, 0.15) is 11.6 Å². The minimum atomic E-state index is -0.517. The monoisotopic (exact) mass is 170 g/mol. The summed E-state index contributed by atoms with van der Waals surface area (Å²) in [5.41, 5.74) is 0. The largest absolute Gasteiger partial charge is 0.310 e. The summed E-state index contributed by atoms with van der Waals surface area (Å²) in [4.78, 5) is 2.14. The molecule has 0 unspecified atom stereocenters. The van der Waals surface area contributed by atoms with Crippen molar-refractivity contribution in [3.8, 4) is 0 Å². The van der Waals surface area contributed by atoms with Gasteiger partial charge in [-0.3, -0.25) is 4.90 Å². The molecular formula is C7H11FN4. The molecule has 5 heteroatoms. The summed E-state index contributed by atoms with van der Waals surface area (Å²) in [6.45, 7) is 2.00. The minimum absolute atomic E-state index is 0.457. The quantitative estimate of drug-likeness (QED) is 0.603. The van der Waals surface area contributed by atoms with Crippen LogP contribution in [0, 0.1) is 0 Å². The van der Waals surface area contributed by atoms with Crippen LogP contribution in [0.15, 0.2) is 0 Å². The fourth-order valence-corrected chi connectivity index (χ4v) is 1.44. The molecule has 0 aliphatic carbocycles. The number of halogens is 1. The molecule has 1 aliphatic rings. The standard InChI is InChI=1S/C7H11FN4/c1-11-2-3-12-6(4-8)9-10-7(12)5-11/h2-5H2,1H3. The molecule has 0 amide bonds. The summed E-state index contributed by atoms with van der Waals surface area (Å²) < 4.78 is 14.2. The lowest BCUT2D eigenvalue weighted by Crippen LogP contribution is -2.31. The second kappa shape index (κ2) is 2.82. The number of hydrogen-bond acceptors (Lipinski definition) is 3. The Morgan fingerprint density at radius 2 is 2.25 bits per heavy atom. The molecule has 1 aromatic rings. The highest BCUT2D eigenvalue weighted by molar-refractivity contribution is 4.97. The Labute approximate surface area is 70.0 Å². The first-order valence-electron chi connectivity index (χ1n) is 3.96. The van der Waals surface area contributed by atoms with Gasteiger partial charge in [-0.05, 0) is 7.05 Å². The van der Waals surface area contributed by atoms with E-state index < -0.39 is 6.67 Å². The van der Waals surface area contributed by atoms with Crippen LogP contribution in [0.3, 0.4) is 0 Å². The van der Waals surface area contributed by atoms with Crippen LogP contribution in [-0.2, 0) is 19.8 Å². The van der Waals surface area contributed by atoms with Crippen molar-refractivity contribution in [3.63, 3.8) is 0 Å². The predicted molar refractivity (Wildman–Crippen MR) is 41.2 cm³/mol. The highest BCUT2D eigenvalue weighted by atomic mass is 19.1. The summed E-state index contributed by atoms with van der Waals surface area (Å²) in [5, 5.41) is 7.67. The minimum Gasteiger partial charge on any atom is -0.310 e. The van der Waals surface area contributed by atoms with E-state index in [0.29, 0.717) is 5.82 Å². The third-order valence-corrected chi connectivity index (χ3v) is 2.14. The molecule has 12 heavy (non-hydrogen) atoms. The van der Waals surface area contributed by atoms with Gasteiger partial charge in [-0.1, -0.05) is 0 Å². The van der Waals surface area contributed by atoms with Gasteiger partial charge in [-0.25, -0.2) is 4.39 Å². The molecule has 0 saturated heterocycles. The maximum Gasteiger partial charge on any atom is 0.164 e. The molecule has 1 aliphatic heterocycles. The van der Waals surface area contributed by atoms with Crippen LogP contribution in [0.2, 0.25) is 0 Å². The molecule has 0 saturated carbocycles. The van der Waals surface area contributed by atoms with E-state index in [-0.39, 0.29) is 0 Å². The Morgan fingerprint density at radius 1 is 1.42 bits per heavy atom. The molecular weight excluding hydrogens is 159 g/mol. The zero-order chi connectivity index (χ0) is 8.55. The van der Waals surface area contributed by atoms with Crippen LogP contribution >= 0.6 is 0 Å². The SMILES string of the molecule is CN1CCn2c(CF)nnc2C1. The van der Waals surface area contributed by atoms with E-state index in [1.807, 2.05) is 11.6 Å². The third-order valence-electron chi connectivity index (χ3n) is 2.14. The van der Waals surface area contributed by atoms with Crippen molar-refractivity contribution in [2.45, 2.75) is 19.8 Å². The van der Waals surface area contributed by atoms with Gasteiger partial charge < -0.3 is 4.57 Å². The lowest BCUT2D eigenvalue weighted by atomic mass is 10.4. The number of nitrogens with zero attached hydrogens (tertiary/aromatic N) is 4. The Kier molecular flexibility index (Phi) is 1.80. The van der Waals surface area contributed by atoms with Gasteiger partial charge in [0.2, 0.25) is 0 Å². The van der Waals surface area contributed by atoms with E-state index in [9.17, 15) is 4.39 Å². The molecule has 66 valence electrons. The van der Waals surface area contributed by atoms with Gasteiger partial charge in [0.1, 0.15) is 12.5 Å². The average Bonchev–Trinajstić information content (AvgIpc) is 2.46. The van der Waals surface area contributed by atoms with E-state index in [2.05, 4.69) is 15.1 Å². The van der Waals surface area contributed by atoms with Crippen molar-refractivity contribution in [1.82, 2.24) is 19.7 Å². The molecule has 2 rings (SSSR count). The summed E-state index contributed by atoms with van der Waals surface area (Å²) in [5.74, 6) is 1.33. The molecule has 0 N–H and O–H groups in total. The van der Waals surface area contributed by atoms with E-state index in [1.165, 1.54) is 0 Å². The van der Waals surface area contributed by atoms with Crippen LogP contribution < -0.4 is 0 Å². The topological polar surface area (TPSA) is 34.0 Å². The Hall–Kier alpha value is -0.970. The van der Waals surface area contributed by atoms with Gasteiger partial charge >= 0.3 is 0 Å². The average molecular weight is 170 g/mol. The Bertz CT molecular complexity index is 283. The predicted octanol–water partition coefficient (Wildman–Crippen LogP) is 0.193. The Balaban J connectivity index is 2.32. The lowest BCUT2D eigenvalue weighted by Gasteiger charge is -2.23. The molecule has 0 spiro atoms. The van der Waals surface area contributed by atoms with Gasteiger partial charge in [0.05, 0.1) is 6.54 Å². The lowest BCUT2D eigenvalue weighted by molar-refractivity contribution is 0.259. The number of alkyl halides is 1. The summed E-state index contributed by atoms with van der Waals surface area (Å²) in [6, 6.07) is 0. The first-order chi connectivity index (χ1) is 5.81. The Morgan fingerprint density at radius 3 is 3.00 bits per heavy atom. The molecule has 0 radical (unpaired) electrons.